The van der Waals surface area contributed by atoms with E-state index in [9.17, 15) is 30.7 Å². The summed E-state index contributed by atoms with van der Waals surface area (Å²) < 4.78 is 95.7. The number of hydrogen-bond donors (Lipinski definition) is 0. The SMILES string of the molecule is CCCC1CCC(C2CCC(c3cc(F)c(CCc4cc(F)c(C(F)(F)F)c(F)c4)c(F)c3)CC2)CC1. The summed E-state index contributed by atoms with van der Waals surface area (Å²) in [5, 5.41) is 0. The summed E-state index contributed by atoms with van der Waals surface area (Å²) in [6.07, 6.45) is 6.20. The average Bonchev–Trinajstić information content (AvgIpc) is 2.83. The van der Waals surface area contributed by atoms with Gasteiger partial charge in [-0.2, -0.15) is 13.2 Å². The Hall–Kier alpha value is -2.05. The molecule has 2 fully saturated rings. The molecule has 2 aromatic rings. The van der Waals surface area contributed by atoms with E-state index in [1.165, 1.54) is 50.7 Å². The van der Waals surface area contributed by atoms with Crippen LogP contribution in [0.2, 0.25) is 0 Å². The van der Waals surface area contributed by atoms with Crippen molar-refractivity contribution < 1.29 is 30.7 Å². The predicted molar refractivity (Wildman–Crippen MR) is 130 cm³/mol. The molecule has 0 radical (unpaired) electrons. The molecule has 0 bridgehead atoms. The number of aryl methyl sites for hydroxylation is 1. The third kappa shape index (κ3) is 6.69. The normalized spacial score (nSPS) is 24.9. The maximum atomic E-state index is 14.9. The summed E-state index contributed by atoms with van der Waals surface area (Å²) in [6, 6.07) is 3.86. The minimum atomic E-state index is -5.16. The van der Waals surface area contributed by atoms with E-state index >= 15 is 0 Å². The number of rotatable bonds is 7. The van der Waals surface area contributed by atoms with Crippen molar-refractivity contribution in [3.8, 4) is 0 Å². The first-order chi connectivity index (χ1) is 17.6. The minimum Gasteiger partial charge on any atom is -0.207 e. The van der Waals surface area contributed by atoms with Gasteiger partial charge >= 0.3 is 6.18 Å². The van der Waals surface area contributed by atoms with Crippen LogP contribution in [0.5, 0.6) is 0 Å². The Kier molecular flexibility index (Phi) is 8.90. The number of hydrogen-bond acceptors (Lipinski definition) is 0. The molecule has 0 nitrogen and oxygen atoms in total. The lowest BCUT2D eigenvalue weighted by Crippen LogP contribution is -2.25. The number of halogens is 7. The lowest BCUT2D eigenvalue weighted by Gasteiger charge is -2.38. The van der Waals surface area contributed by atoms with E-state index in [4.69, 9.17) is 0 Å². The highest BCUT2D eigenvalue weighted by molar-refractivity contribution is 5.32. The van der Waals surface area contributed by atoms with Gasteiger partial charge in [-0.25, -0.2) is 17.6 Å². The summed E-state index contributed by atoms with van der Waals surface area (Å²) in [6.45, 7) is 2.24. The monoisotopic (exact) mass is 528 g/mol. The van der Waals surface area contributed by atoms with Gasteiger partial charge in [-0.1, -0.05) is 32.6 Å². The third-order valence-electron chi connectivity index (χ3n) is 8.71. The second-order valence-corrected chi connectivity index (χ2v) is 11.1. The molecule has 0 unspecified atom stereocenters. The Morgan fingerprint density at radius 2 is 1.19 bits per heavy atom. The molecule has 0 amide bonds. The molecule has 0 aromatic heterocycles. The minimum absolute atomic E-state index is 0.0899. The van der Waals surface area contributed by atoms with Crippen LogP contribution in [0, 0.1) is 41.0 Å². The van der Waals surface area contributed by atoms with Gasteiger partial charge in [-0.15, -0.1) is 0 Å². The van der Waals surface area contributed by atoms with Gasteiger partial charge in [0.05, 0.1) is 0 Å². The highest BCUT2D eigenvalue weighted by atomic mass is 19.4. The molecule has 0 N–H and O–H groups in total. The van der Waals surface area contributed by atoms with Gasteiger partial charge in [0.2, 0.25) is 0 Å². The average molecular weight is 529 g/mol. The topological polar surface area (TPSA) is 0 Å². The fourth-order valence-electron chi connectivity index (χ4n) is 6.69. The molecule has 37 heavy (non-hydrogen) atoms. The van der Waals surface area contributed by atoms with E-state index < -0.39 is 35.0 Å². The van der Waals surface area contributed by atoms with Gasteiger partial charge in [0.25, 0.3) is 0 Å². The lowest BCUT2D eigenvalue weighted by atomic mass is 9.68. The van der Waals surface area contributed by atoms with E-state index in [1.54, 1.807) is 0 Å². The quantitative estimate of drug-likeness (QED) is 0.314. The van der Waals surface area contributed by atoms with Crippen LogP contribution >= 0.6 is 0 Å². The van der Waals surface area contributed by atoms with Crippen molar-refractivity contribution >= 4 is 0 Å². The van der Waals surface area contributed by atoms with Crippen molar-refractivity contribution in [2.24, 2.45) is 17.8 Å². The van der Waals surface area contributed by atoms with E-state index in [0.29, 0.717) is 23.6 Å². The fraction of sp³-hybridized carbons (Fsp3) is 0.600. The standard InChI is InChI=1S/C30H35F7/c1-2-3-18-4-7-20(8-5-18)21-9-11-22(12-10-21)23-16-25(31)24(26(32)17-23)13-6-19-14-27(33)29(28(34)15-19)30(35,36)37/h14-18,20-22H,2-13H2,1H3. The second-order valence-electron chi connectivity index (χ2n) is 11.1. The van der Waals surface area contributed by atoms with Crippen LogP contribution in [0.3, 0.4) is 0 Å². The van der Waals surface area contributed by atoms with Gasteiger partial charge in [0, 0.05) is 5.56 Å². The summed E-state index contributed by atoms with van der Waals surface area (Å²) in [5.74, 6) is -2.48. The van der Waals surface area contributed by atoms with Crippen LogP contribution in [-0.4, -0.2) is 0 Å². The van der Waals surface area contributed by atoms with Crippen molar-refractivity contribution in [2.45, 2.75) is 96.1 Å². The van der Waals surface area contributed by atoms with Crippen molar-refractivity contribution in [2.75, 3.05) is 0 Å². The largest absolute Gasteiger partial charge is 0.422 e. The Bertz CT molecular complexity index is 1010. The molecule has 2 aromatic carbocycles. The Balaban J connectivity index is 1.35. The molecular weight excluding hydrogens is 493 g/mol. The van der Waals surface area contributed by atoms with Crippen LogP contribution in [-0.2, 0) is 19.0 Å². The Labute approximate surface area is 214 Å². The first-order valence-electron chi connectivity index (χ1n) is 13.6. The van der Waals surface area contributed by atoms with Gasteiger partial charge in [0.15, 0.2) is 0 Å². The van der Waals surface area contributed by atoms with Crippen LogP contribution in [0.25, 0.3) is 0 Å². The maximum absolute atomic E-state index is 14.9. The highest BCUT2D eigenvalue weighted by Gasteiger charge is 2.38. The fourth-order valence-corrected chi connectivity index (χ4v) is 6.69. The van der Waals surface area contributed by atoms with Crippen molar-refractivity contribution in [3.05, 3.63) is 69.8 Å². The molecule has 0 heterocycles. The van der Waals surface area contributed by atoms with Gasteiger partial charge in [0.1, 0.15) is 28.8 Å². The van der Waals surface area contributed by atoms with Crippen molar-refractivity contribution in [3.63, 3.8) is 0 Å². The molecule has 204 valence electrons. The Morgan fingerprint density at radius 3 is 1.68 bits per heavy atom. The van der Waals surface area contributed by atoms with Crippen molar-refractivity contribution in [1.82, 2.24) is 0 Å². The van der Waals surface area contributed by atoms with E-state index in [2.05, 4.69) is 6.92 Å². The van der Waals surface area contributed by atoms with Crippen molar-refractivity contribution in [1.29, 1.82) is 0 Å². The summed E-state index contributed by atoms with van der Waals surface area (Å²) in [7, 11) is 0. The first kappa shape index (κ1) is 28.0. The molecule has 4 rings (SSSR count). The molecule has 7 heteroatoms. The molecule has 2 aliphatic rings. The van der Waals surface area contributed by atoms with Crippen LogP contribution in [0.15, 0.2) is 24.3 Å². The van der Waals surface area contributed by atoms with E-state index in [-0.39, 0.29) is 29.9 Å². The zero-order valence-electron chi connectivity index (χ0n) is 21.2. The van der Waals surface area contributed by atoms with E-state index in [1.807, 2.05) is 0 Å². The second kappa shape index (κ2) is 11.8. The maximum Gasteiger partial charge on any atom is 0.422 e. The lowest BCUT2D eigenvalue weighted by molar-refractivity contribution is -0.142. The summed E-state index contributed by atoms with van der Waals surface area (Å²) in [5.41, 5.74) is -1.64. The van der Waals surface area contributed by atoms with E-state index in [0.717, 1.165) is 37.5 Å². The molecule has 0 atom stereocenters. The highest BCUT2D eigenvalue weighted by Crippen LogP contribution is 2.45. The zero-order chi connectivity index (χ0) is 26.7. The third-order valence-corrected chi connectivity index (χ3v) is 8.71. The predicted octanol–water partition coefficient (Wildman–Crippen LogP) is 9.93. The smallest absolute Gasteiger partial charge is 0.207 e. The van der Waals surface area contributed by atoms with Gasteiger partial charge in [-0.05, 0) is 110 Å². The Morgan fingerprint density at radius 1 is 0.676 bits per heavy atom. The molecule has 0 saturated heterocycles. The van der Waals surface area contributed by atoms with Crippen LogP contribution in [0.1, 0.15) is 99.3 Å². The molecule has 0 aliphatic heterocycles. The van der Waals surface area contributed by atoms with Crippen LogP contribution in [0.4, 0.5) is 30.7 Å². The van der Waals surface area contributed by atoms with Crippen LogP contribution < -0.4 is 0 Å². The van der Waals surface area contributed by atoms with Gasteiger partial charge < -0.3 is 0 Å². The molecule has 2 saturated carbocycles. The summed E-state index contributed by atoms with van der Waals surface area (Å²) in [4.78, 5) is 0. The summed E-state index contributed by atoms with van der Waals surface area (Å²) >= 11 is 0. The number of benzene rings is 2. The molecule has 2 aliphatic carbocycles. The molecular formula is C30H35F7. The molecule has 0 spiro atoms. The first-order valence-corrected chi connectivity index (χ1v) is 13.6. The number of alkyl halides is 3. The van der Waals surface area contributed by atoms with Gasteiger partial charge in [-0.3, -0.25) is 0 Å². The zero-order valence-corrected chi connectivity index (χ0v) is 21.2.